The van der Waals surface area contributed by atoms with Crippen molar-refractivity contribution in [2.75, 3.05) is 29.5 Å². The van der Waals surface area contributed by atoms with E-state index in [4.69, 9.17) is 14.2 Å². The molecule has 1 aliphatic heterocycles. The standard InChI is InChI=1S/C25H23N3O3S2/c1-18-7-10-21(11-8-18)33(29,30)31-20-9-12-23-22(17-20)25(28-13-15-32-16-14-28)27-24(26-23)19-5-3-2-4-6-19/h2-12,17H,13-16H2,1H3. The Morgan fingerprint density at radius 3 is 2.36 bits per heavy atom. The van der Waals surface area contributed by atoms with Crippen LogP contribution in [0.25, 0.3) is 22.3 Å². The van der Waals surface area contributed by atoms with Crippen LogP contribution < -0.4 is 9.08 Å². The van der Waals surface area contributed by atoms with Crippen LogP contribution in [0.15, 0.2) is 77.7 Å². The number of anilines is 1. The lowest BCUT2D eigenvalue weighted by Crippen LogP contribution is -2.33. The van der Waals surface area contributed by atoms with Crippen LogP contribution in [0.5, 0.6) is 5.75 Å². The van der Waals surface area contributed by atoms with Gasteiger partial charge in [-0.25, -0.2) is 9.97 Å². The molecule has 3 aromatic carbocycles. The number of aryl methyl sites for hydroxylation is 1. The number of hydrogen-bond donors (Lipinski definition) is 0. The normalized spacial score (nSPS) is 14.4. The third-order valence-electron chi connectivity index (χ3n) is 5.51. The summed E-state index contributed by atoms with van der Waals surface area (Å²) in [4.78, 5) is 12.0. The van der Waals surface area contributed by atoms with Gasteiger partial charge in [0.25, 0.3) is 0 Å². The molecule has 0 radical (unpaired) electrons. The highest BCUT2D eigenvalue weighted by atomic mass is 32.2. The van der Waals surface area contributed by atoms with Crippen molar-refractivity contribution >= 4 is 38.6 Å². The van der Waals surface area contributed by atoms with Gasteiger partial charge in [-0.05, 0) is 37.3 Å². The van der Waals surface area contributed by atoms with Gasteiger partial charge in [-0.3, -0.25) is 0 Å². The molecule has 0 saturated carbocycles. The van der Waals surface area contributed by atoms with Gasteiger partial charge in [0.1, 0.15) is 16.5 Å². The first-order valence-corrected chi connectivity index (χ1v) is 13.3. The number of aromatic nitrogens is 2. The van der Waals surface area contributed by atoms with E-state index in [0.717, 1.165) is 52.4 Å². The monoisotopic (exact) mass is 477 g/mol. The van der Waals surface area contributed by atoms with E-state index in [1.807, 2.05) is 49.0 Å². The molecule has 168 valence electrons. The Hall–Kier alpha value is -3.10. The Kier molecular flexibility index (Phi) is 5.95. The molecule has 1 aliphatic rings. The minimum atomic E-state index is -3.95. The van der Waals surface area contributed by atoms with Crippen LogP contribution in [0.4, 0.5) is 5.82 Å². The summed E-state index contributed by atoms with van der Waals surface area (Å²) in [5, 5.41) is 0.776. The second kappa shape index (κ2) is 9.03. The molecule has 1 aromatic heterocycles. The van der Waals surface area contributed by atoms with Crippen molar-refractivity contribution in [3.63, 3.8) is 0 Å². The van der Waals surface area contributed by atoms with E-state index in [9.17, 15) is 8.42 Å². The van der Waals surface area contributed by atoms with E-state index < -0.39 is 10.1 Å². The maximum atomic E-state index is 12.8. The molecular formula is C25H23N3O3S2. The minimum Gasteiger partial charge on any atom is -0.379 e. The number of nitrogens with zero attached hydrogens (tertiary/aromatic N) is 3. The molecule has 0 amide bonds. The third-order valence-corrected chi connectivity index (χ3v) is 7.71. The van der Waals surface area contributed by atoms with Crippen molar-refractivity contribution in [3.8, 4) is 17.1 Å². The average molecular weight is 478 g/mol. The summed E-state index contributed by atoms with van der Waals surface area (Å²) in [5.41, 5.74) is 2.67. The van der Waals surface area contributed by atoms with E-state index in [1.165, 1.54) is 0 Å². The molecule has 2 heterocycles. The largest absolute Gasteiger partial charge is 0.379 e. The minimum absolute atomic E-state index is 0.122. The zero-order valence-electron chi connectivity index (χ0n) is 18.1. The number of fused-ring (bicyclic) bond motifs is 1. The van der Waals surface area contributed by atoms with Gasteiger partial charge in [0.15, 0.2) is 5.82 Å². The Morgan fingerprint density at radius 1 is 0.909 bits per heavy atom. The number of rotatable bonds is 5. The number of thioether (sulfide) groups is 1. The molecule has 6 nitrogen and oxygen atoms in total. The predicted molar refractivity (Wildman–Crippen MR) is 134 cm³/mol. The highest BCUT2D eigenvalue weighted by Gasteiger charge is 2.21. The van der Waals surface area contributed by atoms with Gasteiger partial charge >= 0.3 is 10.1 Å². The van der Waals surface area contributed by atoms with Crippen LogP contribution in [0.2, 0.25) is 0 Å². The van der Waals surface area contributed by atoms with Crippen LogP contribution in [0.3, 0.4) is 0 Å². The van der Waals surface area contributed by atoms with Gasteiger partial charge in [-0.1, -0.05) is 48.0 Å². The number of hydrogen-bond acceptors (Lipinski definition) is 7. The van der Waals surface area contributed by atoms with E-state index in [1.54, 1.807) is 42.5 Å². The molecule has 0 atom stereocenters. The first-order chi connectivity index (χ1) is 16.0. The van der Waals surface area contributed by atoms with Crippen LogP contribution >= 0.6 is 11.8 Å². The Morgan fingerprint density at radius 2 is 1.64 bits per heavy atom. The topological polar surface area (TPSA) is 72.4 Å². The molecule has 0 unspecified atom stereocenters. The second-order valence-corrected chi connectivity index (χ2v) is 10.6. The molecule has 0 bridgehead atoms. The summed E-state index contributed by atoms with van der Waals surface area (Å²) in [6.07, 6.45) is 0. The van der Waals surface area contributed by atoms with Gasteiger partial charge in [0, 0.05) is 35.5 Å². The van der Waals surface area contributed by atoms with Crippen LogP contribution in [-0.4, -0.2) is 43.0 Å². The number of benzene rings is 3. The quantitative estimate of drug-likeness (QED) is 0.378. The van der Waals surface area contributed by atoms with Gasteiger partial charge in [0.05, 0.1) is 5.52 Å². The molecule has 4 aromatic rings. The summed E-state index contributed by atoms with van der Waals surface area (Å²) in [6, 6.07) is 21.7. The Labute approximate surface area is 197 Å². The predicted octanol–water partition coefficient (Wildman–Crippen LogP) is 4.93. The molecule has 1 saturated heterocycles. The summed E-state index contributed by atoms with van der Waals surface area (Å²) < 4.78 is 31.1. The van der Waals surface area contributed by atoms with Gasteiger partial charge < -0.3 is 9.08 Å². The van der Waals surface area contributed by atoms with Crippen molar-refractivity contribution in [3.05, 3.63) is 78.4 Å². The Balaban J connectivity index is 1.58. The summed E-state index contributed by atoms with van der Waals surface area (Å²) in [6.45, 7) is 3.65. The van der Waals surface area contributed by atoms with Gasteiger partial charge in [0.2, 0.25) is 0 Å². The van der Waals surface area contributed by atoms with Crippen LogP contribution in [0.1, 0.15) is 5.56 Å². The van der Waals surface area contributed by atoms with Crippen LogP contribution in [0, 0.1) is 6.92 Å². The molecule has 0 N–H and O–H groups in total. The molecule has 0 spiro atoms. The summed E-state index contributed by atoms with van der Waals surface area (Å²) in [5.74, 6) is 3.73. The first-order valence-electron chi connectivity index (χ1n) is 10.7. The van der Waals surface area contributed by atoms with Crippen molar-refractivity contribution in [1.29, 1.82) is 0 Å². The summed E-state index contributed by atoms with van der Waals surface area (Å²) >= 11 is 1.92. The fourth-order valence-corrected chi connectivity index (χ4v) is 5.58. The molecule has 0 aliphatic carbocycles. The Bertz CT molecular complexity index is 1390. The molecule has 33 heavy (non-hydrogen) atoms. The van der Waals surface area contributed by atoms with E-state index >= 15 is 0 Å². The first kappa shape index (κ1) is 21.7. The SMILES string of the molecule is Cc1ccc(S(=O)(=O)Oc2ccc3nc(-c4ccccc4)nc(N4CCSCC4)c3c2)cc1. The molecule has 5 rings (SSSR count). The lowest BCUT2D eigenvalue weighted by Gasteiger charge is -2.28. The third kappa shape index (κ3) is 4.67. The fourth-order valence-electron chi connectivity index (χ4n) is 3.76. The highest BCUT2D eigenvalue weighted by Crippen LogP contribution is 2.32. The molecular weight excluding hydrogens is 454 g/mol. The molecule has 1 fully saturated rings. The average Bonchev–Trinajstić information content (AvgIpc) is 2.84. The van der Waals surface area contributed by atoms with Crippen molar-refractivity contribution < 1.29 is 12.6 Å². The lowest BCUT2D eigenvalue weighted by molar-refractivity contribution is 0.486. The zero-order valence-corrected chi connectivity index (χ0v) is 19.8. The van der Waals surface area contributed by atoms with Crippen molar-refractivity contribution in [1.82, 2.24) is 9.97 Å². The van der Waals surface area contributed by atoms with E-state index in [-0.39, 0.29) is 10.6 Å². The lowest BCUT2D eigenvalue weighted by atomic mass is 10.1. The van der Waals surface area contributed by atoms with Crippen LogP contribution in [-0.2, 0) is 10.1 Å². The molecule has 8 heteroatoms. The fraction of sp³-hybridized carbons (Fsp3) is 0.200. The van der Waals surface area contributed by atoms with Crippen molar-refractivity contribution in [2.24, 2.45) is 0 Å². The van der Waals surface area contributed by atoms with Crippen molar-refractivity contribution in [2.45, 2.75) is 11.8 Å². The smallest absolute Gasteiger partial charge is 0.339 e. The maximum absolute atomic E-state index is 12.8. The van der Waals surface area contributed by atoms with Gasteiger partial charge in [-0.15, -0.1) is 0 Å². The van der Waals surface area contributed by atoms with E-state index in [0.29, 0.717) is 5.82 Å². The summed E-state index contributed by atoms with van der Waals surface area (Å²) in [7, 11) is -3.95. The van der Waals surface area contributed by atoms with E-state index in [2.05, 4.69) is 4.90 Å². The second-order valence-electron chi connectivity index (χ2n) is 7.87. The zero-order chi connectivity index (χ0) is 22.8. The van der Waals surface area contributed by atoms with Gasteiger partial charge in [-0.2, -0.15) is 20.2 Å². The maximum Gasteiger partial charge on any atom is 0.339 e. The highest BCUT2D eigenvalue weighted by molar-refractivity contribution is 7.99.